The Morgan fingerprint density at radius 1 is 1.00 bits per heavy atom. The molecule has 1 atom stereocenters. The number of nitrogens with zero attached hydrogens (tertiary/aromatic N) is 1. The average Bonchev–Trinajstić information content (AvgIpc) is 2.72. The van der Waals surface area contributed by atoms with Gasteiger partial charge in [0.25, 0.3) is 0 Å². The van der Waals surface area contributed by atoms with Crippen LogP contribution >= 0.6 is 46.6 Å². The second-order valence-corrected chi connectivity index (χ2v) is 10.0. The maximum Gasteiger partial charge on any atom is 0.242 e. The Labute approximate surface area is 203 Å². The maximum absolute atomic E-state index is 13.1. The minimum Gasteiger partial charge on any atom is -0.354 e. The van der Waals surface area contributed by atoms with Crippen molar-refractivity contribution in [3.8, 4) is 0 Å². The van der Waals surface area contributed by atoms with Gasteiger partial charge in [-0.25, -0.2) is 0 Å². The summed E-state index contributed by atoms with van der Waals surface area (Å²) in [6.45, 7) is 6.48. The summed E-state index contributed by atoms with van der Waals surface area (Å²) in [6.07, 6.45) is 0.275. The van der Waals surface area contributed by atoms with Gasteiger partial charge in [-0.15, -0.1) is 11.8 Å². The van der Waals surface area contributed by atoms with Crippen molar-refractivity contribution in [1.29, 1.82) is 0 Å². The van der Waals surface area contributed by atoms with Crippen LogP contribution in [0.25, 0.3) is 0 Å². The summed E-state index contributed by atoms with van der Waals surface area (Å²) in [7, 11) is 0. The van der Waals surface area contributed by atoms with Crippen LogP contribution in [0.1, 0.15) is 32.8 Å². The monoisotopic (exact) mass is 500 g/mol. The highest BCUT2D eigenvalue weighted by molar-refractivity contribution is 7.99. The summed E-state index contributed by atoms with van der Waals surface area (Å²) in [5.41, 5.74) is 0.632. The molecule has 2 amide bonds. The van der Waals surface area contributed by atoms with E-state index in [9.17, 15) is 9.59 Å². The largest absolute Gasteiger partial charge is 0.354 e. The van der Waals surface area contributed by atoms with Gasteiger partial charge in [0.05, 0.1) is 0 Å². The molecule has 0 unspecified atom stereocenters. The third-order valence-corrected chi connectivity index (χ3v) is 6.61. The molecule has 0 aliphatic heterocycles. The van der Waals surface area contributed by atoms with E-state index in [4.69, 9.17) is 34.8 Å². The third-order valence-electron chi connectivity index (χ3n) is 4.64. The molecule has 0 bridgehead atoms. The van der Waals surface area contributed by atoms with Gasteiger partial charge in [0.1, 0.15) is 6.04 Å². The van der Waals surface area contributed by atoms with E-state index in [0.29, 0.717) is 38.8 Å². The number of carbonyl (C=O) groups is 2. The second kappa shape index (κ2) is 12.6. The Balaban J connectivity index is 2.12. The fraction of sp³-hybridized carbons (Fsp3) is 0.391. The zero-order valence-corrected chi connectivity index (χ0v) is 20.9. The van der Waals surface area contributed by atoms with Crippen LogP contribution in [-0.2, 0) is 16.1 Å². The molecule has 8 heteroatoms. The lowest BCUT2D eigenvalue weighted by Crippen LogP contribution is -2.48. The summed E-state index contributed by atoms with van der Waals surface area (Å²) in [5, 5.41) is 4.51. The molecule has 1 N–H and O–H groups in total. The zero-order chi connectivity index (χ0) is 23.0. The van der Waals surface area contributed by atoms with Gasteiger partial charge in [0.15, 0.2) is 0 Å². The SMILES string of the molecule is CC(C)CNC(=O)[C@@H](C)N(Cc1c(Cl)cccc1Cl)C(=O)CCSc1ccc(Cl)cc1. The topological polar surface area (TPSA) is 49.4 Å². The molecule has 2 rings (SSSR count). The van der Waals surface area contributed by atoms with Gasteiger partial charge in [-0.3, -0.25) is 9.59 Å². The highest BCUT2D eigenvalue weighted by Crippen LogP contribution is 2.27. The molecule has 0 aromatic heterocycles. The minimum absolute atomic E-state index is 0.135. The van der Waals surface area contributed by atoms with Gasteiger partial charge < -0.3 is 10.2 Å². The van der Waals surface area contributed by atoms with Crippen LogP contribution in [0, 0.1) is 5.92 Å². The third kappa shape index (κ3) is 8.23. The lowest BCUT2D eigenvalue weighted by Gasteiger charge is -2.29. The molecule has 0 saturated heterocycles. The number of benzene rings is 2. The molecule has 0 fully saturated rings. The first-order chi connectivity index (χ1) is 14.7. The molecule has 0 radical (unpaired) electrons. The summed E-state index contributed by atoms with van der Waals surface area (Å²) in [5.74, 6) is 0.558. The number of hydrogen-bond acceptors (Lipinski definition) is 3. The van der Waals surface area contributed by atoms with E-state index in [1.807, 2.05) is 38.1 Å². The van der Waals surface area contributed by atoms with Crippen molar-refractivity contribution in [3.05, 3.63) is 63.1 Å². The van der Waals surface area contributed by atoms with Crippen LogP contribution in [0.4, 0.5) is 0 Å². The van der Waals surface area contributed by atoms with Crippen LogP contribution in [0.3, 0.4) is 0 Å². The molecule has 31 heavy (non-hydrogen) atoms. The van der Waals surface area contributed by atoms with Crippen molar-refractivity contribution < 1.29 is 9.59 Å². The van der Waals surface area contributed by atoms with E-state index < -0.39 is 6.04 Å². The van der Waals surface area contributed by atoms with E-state index in [-0.39, 0.29) is 24.8 Å². The number of halogens is 3. The first kappa shape index (κ1) is 25.9. The fourth-order valence-electron chi connectivity index (χ4n) is 2.82. The predicted octanol–water partition coefficient (Wildman–Crippen LogP) is 6.32. The fourth-order valence-corrected chi connectivity index (χ4v) is 4.30. The Morgan fingerprint density at radius 2 is 1.61 bits per heavy atom. The van der Waals surface area contributed by atoms with Crippen molar-refractivity contribution in [2.24, 2.45) is 5.92 Å². The predicted molar refractivity (Wildman–Crippen MR) is 131 cm³/mol. The van der Waals surface area contributed by atoms with Crippen molar-refractivity contribution in [1.82, 2.24) is 10.2 Å². The van der Waals surface area contributed by atoms with E-state index in [1.165, 1.54) is 0 Å². The van der Waals surface area contributed by atoms with E-state index >= 15 is 0 Å². The molecule has 168 valence electrons. The van der Waals surface area contributed by atoms with Gasteiger partial charge in [-0.2, -0.15) is 0 Å². The van der Waals surface area contributed by atoms with Crippen molar-refractivity contribution in [2.75, 3.05) is 12.3 Å². The quantitative estimate of drug-likeness (QED) is 0.388. The molecule has 2 aromatic rings. The average molecular weight is 502 g/mol. The van der Waals surface area contributed by atoms with Crippen LogP contribution in [0.2, 0.25) is 15.1 Å². The lowest BCUT2D eigenvalue weighted by molar-refractivity contribution is -0.140. The second-order valence-electron chi connectivity index (χ2n) is 7.59. The Kier molecular flexibility index (Phi) is 10.5. The first-order valence-electron chi connectivity index (χ1n) is 10.1. The molecule has 0 heterocycles. The highest BCUT2D eigenvalue weighted by atomic mass is 35.5. The molecule has 4 nitrogen and oxygen atoms in total. The van der Waals surface area contributed by atoms with Crippen LogP contribution in [-0.4, -0.2) is 35.1 Å². The lowest BCUT2D eigenvalue weighted by atomic mass is 10.1. The Hall–Kier alpha value is -1.40. The molecule has 0 spiro atoms. The van der Waals surface area contributed by atoms with E-state index in [1.54, 1.807) is 41.8 Å². The smallest absolute Gasteiger partial charge is 0.242 e. The molecular formula is C23H27Cl3N2O2S. The number of hydrogen-bond donors (Lipinski definition) is 1. The van der Waals surface area contributed by atoms with E-state index in [0.717, 1.165) is 4.90 Å². The zero-order valence-electron chi connectivity index (χ0n) is 17.8. The number of carbonyl (C=O) groups excluding carboxylic acids is 2. The number of rotatable bonds is 10. The van der Waals surface area contributed by atoms with Crippen LogP contribution in [0.15, 0.2) is 47.4 Å². The molecular weight excluding hydrogens is 475 g/mol. The Bertz CT molecular complexity index is 871. The molecule has 2 aromatic carbocycles. The van der Waals surface area contributed by atoms with Gasteiger partial charge >= 0.3 is 0 Å². The summed E-state index contributed by atoms with van der Waals surface area (Å²) in [6, 6.07) is 12.0. The van der Waals surface area contributed by atoms with Crippen molar-refractivity contribution in [2.45, 2.75) is 44.7 Å². The summed E-state index contributed by atoms with van der Waals surface area (Å²) < 4.78 is 0. The van der Waals surface area contributed by atoms with Crippen molar-refractivity contribution in [3.63, 3.8) is 0 Å². The van der Waals surface area contributed by atoms with Gasteiger partial charge in [0, 0.05) is 50.8 Å². The standard InChI is InChI=1S/C23H27Cl3N2O2S/c1-15(2)13-27-23(30)16(3)28(14-19-20(25)5-4-6-21(19)26)22(29)11-12-31-18-9-7-17(24)8-10-18/h4-10,15-16H,11-14H2,1-3H3,(H,27,30)/t16-/m1/s1. The van der Waals surface area contributed by atoms with Crippen LogP contribution < -0.4 is 5.32 Å². The van der Waals surface area contributed by atoms with Gasteiger partial charge in [-0.05, 0) is 49.2 Å². The number of nitrogens with one attached hydrogen (secondary N) is 1. The van der Waals surface area contributed by atoms with E-state index in [2.05, 4.69) is 5.32 Å². The number of thioether (sulfide) groups is 1. The molecule has 0 saturated carbocycles. The van der Waals surface area contributed by atoms with Gasteiger partial charge in [-0.1, -0.05) is 54.7 Å². The van der Waals surface area contributed by atoms with Gasteiger partial charge in [0.2, 0.25) is 11.8 Å². The minimum atomic E-state index is -0.654. The highest BCUT2D eigenvalue weighted by Gasteiger charge is 2.27. The molecule has 0 aliphatic carbocycles. The normalized spacial score (nSPS) is 12.0. The summed E-state index contributed by atoms with van der Waals surface area (Å²) >= 11 is 20.1. The Morgan fingerprint density at radius 3 is 2.19 bits per heavy atom. The maximum atomic E-state index is 13.1. The summed E-state index contributed by atoms with van der Waals surface area (Å²) in [4.78, 5) is 28.4. The van der Waals surface area contributed by atoms with Crippen molar-refractivity contribution >= 4 is 58.4 Å². The van der Waals surface area contributed by atoms with Crippen LogP contribution in [0.5, 0.6) is 0 Å². The first-order valence-corrected chi connectivity index (χ1v) is 12.2. The molecule has 0 aliphatic rings. The number of amides is 2.